The quantitative estimate of drug-likeness (QED) is 0.501. The number of aliphatic imine (C=N–C) groups is 1. The van der Waals surface area contributed by atoms with Crippen LogP contribution in [0, 0.1) is 19.3 Å². The SMILES string of the molecule is COc1cccc(C)c1C1N=CC(Cl)=CC1(C(=O)O)C(C)n1nc(C)c2c(N)ncnc21.Cl.Cl. The molecule has 0 amide bonds. The summed E-state index contributed by atoms with van der Waals surface area (Å²) in [5.74, 6) is -0.272. The van der Waals surface area contributed by atoms with Crippen molar-refractivity contribution in [2.45, 2.75) is 32.9 Å². The molecule has 3 N–H and O–H groups in total. The molecule has 3 aromatic rings. The molecule has 12 heteroatoms. The molecule has 3 atom stereocenters. The third kappa shape index (κ3) is 4.08. The Kier molecular flexibility index (Phi) is 8.18. The van der Waals surface area contributed by atoms with Crippen molar-refractivity contribution in [2.24, 2.45) is 10.4 Å². The van der Waals surface area contributed by atoms with Gasteiger partial charge in [-0.25, -0.2) is 14.6 Å². The van der Waals surface area contributed by atoms with Crippen LogP contribution in [0.25, 0.3) is 11.0 Å². The van der Waals surface area contributed by atoms with Crippen LogP contribution < -0.4 is 10.5 Å². The van der Waals surface area contributed by atoms with Crippen LogP contribution in [0.2, 0.25) is 0 Å². The summed E-state index contributed by atoms with van der Waals surface area (Å²) < 4.78 is 7.14. The lowest BCUT2D eigenvalue weighted by Crippen LogP contribution is -2.44. The second-order valence-corrected chi connectivity index (χ2v) is 8.24. The van der Waals surface area contributed by atoms with Gasteiger partial charge in [0.25, 0.3) is 0 Å². The monoisotopic (exact) mass is 526 g/mol. The van der Waals surface area contributed by atoms with E-state index in [-0.39, 0.29) is 35.7 Å². The largest absolute Gasteiger partial charge is 0.496 e. The summed E-state index contributed by atoms with van der Waals surface area (Å²) in [6.07, 6.45) is 4.33. The number of carbonyl (C=O) groups is 1. The fourth-order valence-electron chi connectivity index (χ4n) is 4.46. The Morgan fingerprint density at radius 3 is 2.65 bits per heavy atom. The van der Waals surface area contributed by atoms with Crippen molar-refractivity contribution in [3.8, 4) is 5.75 Å². The molecule has 2 aromatic heterocycles. The fourth-order valence-corrected chi connectivity index (χ4v) is 4.69. The maximum Gasteiger partial charge on any atom is 0.318 e. The minimum Gasteiger partial charge on any atom is -0.496 e. The van der Waals surface area contributed by atoms with E-state index in [2.05, 4.69) is 20.1 Å². The van der Waals surface area contributed by atoms with Crippen molar-refractivity contribution in [2.75, 3.05) is 12.8 Å². The lowest BCUT2D eigenvalue weighted by Gasteiger charge is -2.40. The molecule has 0 spiro atoms. The van der Waals surface area contributed by atoms with Gasteiger partial charge in [-0.1, -0.05) is 23.7 Å². The molecule has 0 saturated carbocycles. The zero-order chi connectivity index (χ0) is 23.2. The topological polar surface area (TPSA) is 129 Å². The van der Waals surface area contributed by atoms with Gasteiger partial charge in [0.15, 0.2) is 5.65 Å². The Labute approximate surface area is 213 Å². The van der Waals surface area contributed by atoms with Crippen LogP contribution in [-0.2, 0) is 4.79 Å². The number of benzene rings is 1. The number of carboxylic acid groups (broad SMARTS) is 1. The van der Waals surface area contributed by atoms with Crippen LogP contribution in [-0.4, -0.2) is 44.1 Å². The van der Waals surface area contributed by atoms with E-state index in [0.717, 1.165) is 5.56 Å². The van der Waals surface area contributed by atoms with Gasteiger partial charge >= 0.3 is 5.97 Å². The first-order valence-electron chi connectivity index (χ1n) is 9.96. The summed E-state index contributed by atoms with van der Waals surface area (Å²) in [7, 11) is 1.55. The standard InChI is InChI=1S/C22H23ClN6O3.2ClH/c1-11-6-5-7-15(32-4)16(11)18-22(21(30)31,8-14(23)9-25-18)13(3)29-20-17(12(2)28-29)19(24)26-10-27-20;;/h5-10,13,18H,1-4H3,(H,30,31)(H2,24,26,27);2*1H. The summed E-state index contributed by atoms with van der Waals surface area (Å²) in [6.45, 7) is 5.44. The minimum absolute atomic E-state index is 0. The number of fused-ring (bicyclic) bond motifs is 1. The molecule has 3 unspecified atom stereocenters. The van der Waals surface area contributed by atoms with E-state index in [1.807, 2.05) is 19.1 Å². The van der Waals surface area contributed by atoms with Gasteiger partial charge in [-0.15, -0.1) is 24.8 Å². The first-order chi connectivity index (χ1) is 15.2. The number of methoxy groups -OCH3 is 1. The smallest absolute Gasteiger partial charge is 0.318 e. The number of rotatable bonds is 5. The number of allylic oxidation sites excluding steroid dienone is 1. The van der Waals surface area contributed by atoms with Gasteiger partial charge in [0.1, 0.15) is 29.4 Å². The van der Waals surface area contributed by atoms with E-state index >= 15 is 0 Å². The Hall–Kier alpha value is -2.88. The van der Waals surface area contributed by atoms with Gasteiger partial charge in [0.05, 0.1) is 29.3 Å². The van der Waals surface area contributed by atoms with Crippen LogP contribution in [0.5, 0.6) is 5.75 Å². The molecule has 0 radical (unpaired) electrons. The van der Waals surface area contributed by atoms with Gasteiger partial charge < -0.3 is 15.6 Å². The van der Waals surface area contributed by atoms with Crippen molar-refractivity contribution < 1.29 is 14.6 Å². The third-order valence-electron chi connectivity index (χ3n) is 6.08. The number of halogens is 3. The number of aryl methyl sites for hydroxylation is 2. The van der Waals surface area contributed by atoms with E-state index in [9.17, 15) is 9.90 Å². The van der Waals surface area contributed by atoms with Crippen molar-refractivity contribution in [3.05, 3.63) is 52.5 Å². The van der Waals surface area contributed by atoms with Crippen LogP contribution in [0.4, 0.5) is 5.82 Å². The highest BCUT2D eigenvalue weighted by Gasteiger charge is 2.53. The van der Waals surface area contributed by atoms with Crippen molar-refractivity contribution in [1.82, 2.24) is 19.7 Å². The van der Waals surface area contributed by atoms with Gasteiger partial charge in [-0.3, -0.25) is 9.79 Å². The van der Waals surface area contributed by atoms with Crippen LogP contribution in [0.1, 0.15) is 35.8 Å². The molecule has 0 bridgehead atoms. The average Bonchev–Trinajstić information content (AvgIpc) is 3.10. The molecular weight excluding hydrogens is 503 g/mol. The molecule has 0 saturated heterocycles. The summed E-state index contributed by atoms with van der Waals surface area (Å²) in [5.41, 5.74) is 7.02. The number of aliphatic carboxylic acids is 1. The number of nitrogen functional groups attached to an aromatic ring is 1. The predicted molar refractivity (Wildman–Crippen MR) is 137 cm³/mol. The van der Waals surface area contributed by atoms with E-state index in [4.69, 9.17) is 22.1 Å². The highest BCUT2D eigenvalue weighted by molar-refractivity contribution is 6.39. The number of aromatic nitrogens is 4. The Balaban J connectivity index is 0.00000204. The Morgan fingerprint density at radius 2 is 2.00 bits per heavy atom. The number of hydrogen-bond donors (Lipinski definition) is 2. The van der Waals surface area contributed by atoms with Crippen LogP contribution in [0.3, 0.4) is 0 Å². The molecule has 1 aliphatic rings. The van der Waals surface area contributed by atoms with Gasteiger partial charge in [0.2, 0.25) is 0 Å². The number of anilines is 1. The zero-order valence-corrected chi connectivity index (χ0v) is 21.3. The maximum absolute atomic E-state index is 13.0. The third-order valence-corrected chi connectivity index (χ3v) is 6.28. The minimum atomic E-state index is -1.59. The summed E-state index contributed by atoms with van der Waals surface area (Å²) in [5, 5.41) is 16.0. The molecule has 182 valence electrons. The second-order valence-electron chi connectivity index (χ2n) is 7.80. The van der Waals surface area contributed by atoms with Gasteiger partial charge in [-0.05, 0) is 38.5 Å². The normalized spacial score (nSPS) is 20.1. The molecule has 1 aromatic carbocycles. The molecule has 4 rings (SSSR count). The number of dihydropyridines is 1. The first-order valence-corrected chi connectivity index (χ1v) is 10.3. The number of ether oxygens (including phenoxy) is 1. The average molecular weight is 528 g/mol. The predicted octanol–water partition coefficient (Wildman–Crippen LogP) is 4.46. The van der Waals surface area contributed by atoms with Crippen molar-refractivity contribution in [3.63, 3.8) is 0 Å². The zero-order valence-electron chi connectivity index (χ0n) is 18.9. The first kappa shape index (κ1) is 27.4. The van der Waals surface area contributed by atoms with Crippen LogP contribution >= 0.6 is 36.4 Å². The van der Waals surface area contributed by atoms with Crippen molar-refractivity contribution >= 4 is 65.5 Å². The Bertz CT molecular complexity index is 1290. The molecule has 0 aliphatic carbocycles. The summed E-state index contributed by atoms with van der Waals surface area (Å²) >= 11 is 6.33. The molecule has 1 aliphatic heterocycles. The highest BCUT2D eigenvalue weighted by atomic mass is 35.5. The summed E-state index contributed by atoms with van der Waals surface area (Å²) in [4.78, 5) is 26.0. The molecule has 34 heavy (non-hydrogen) atoms. The van der Waals surface area contributed by atoms with E-state index in [1.165, 1.54) is 18.6 Å². The molecular formula is C22H25Cl3N6O3. The lowest BCUT2D eigenvalue weighted by molar-refractivity contribution is -0.150. The molecule has 3 heterocycles. The van der Waals surface area contributed by atoms with E-state index in [1.54, 1.807) is 31.7 Å². The number of hydrogen-bond acceptors (Lipinski definition) is 7. The molecule has 9 nitrogen and oxygen atoms in total. The van der Waals surface area contributed by atoms with E-state index in [0.29, 0.717) is 28.0 Å². The lowest BCUT2D eigenvalue weighted by atomic mass is 9.69. The number of nitrogens with two attached hydrogens (primary N) is 1. The molecule has 0 fully saturated rings. The number of carboxylic acids is 1. The summed E-state index contributed by atoms with van der Waals surface area (Å²) in [6, 6.07) is 3.96. The fraction of sp³-hybridized carbons (Fsp3) is 0.318. The van der Waals surface area contributed by atoms with E-state index < -0.39 is 23.5 Å². The van der Waals surface area contributed by atoms with Gasteiger partial charge in [0, 0.05) is 11.8 Å². The second kappa shape index (κ2) is 10.2. The highest BCUT2D eigenvalue weighted by Crippen LogP contribution is 2.52. The van der Waals surface area contributed by atoms with Crippen molar-refractivity contribution in [1.29, 1.82) is 0 Å². The number of nitrogens with zero attached hydrogens (tertiary/aromatic N) is 5. The van der Waals surface area contributed by atoms with Gasteiger partial charge in [-0.2, -0.15) is 5.10 Å². The maximum atomic E-state index is 13.0. The Morgan fingerprint density at radius 1 is 1.29 bits per heavy atom. The van der Waals surface area contributed by atoms with Crippen LogP contribution in [0.15, 0.2) is 40.6 Å².